The summed E-state index contributed by atoms with van der Waals surface area (Å²) in [7, 11) is 1.70. The predicted molar refractivity (Wildman–Crippen MR) is 120 cm³/mol. The molecule has 0 heterocycles. The van der Waals surface area contributed by atoms with Gasteiger partial charge in [0.25, 0.3) is 5.91 Å². The second kappa shape index (κ2) is 9.81. The van der Waals surface area contributed by atoms with E-state index in [1.165, 1.54) is 0 Å². The first kappa shape index (κ1) is 22.1. The summed E-state index contributed by atoms with van der Waals surface area (Å²) >= 11 is 3.55. The molecule has 148 valence electrons. The molecular weight excluding hydrogens is 434 g/mol. The molecule has 2 aromatic carbocycles. The van der Waals surface area contributed by atoms with Crippen molar-refractivity contribution in [2.75, 3.05) is 20.8 Å². The first-order valence-corrected chi connectivity index (χ1v) is 13.4. The lowest BCUT2D eigenvalue weighted by atomic mass is 10.1. The molecule has 0 fully saturated rings. The third-order valence-electron chi connectivity index (χ3n) is 3.98. The fourth-order valence-electron chi connectivity index (χ4n) is 2.54. The molecule has 0 saturated heterocycles. The van der Waals surface area contributed by atoms with Crippen molar-refractivity contribution in [3.8, 4) is 23.0 Å². The van der Waals surface area contributed by atoms with Gasteiger partial charge in [-0.25, -0.2) is 0 Å². The van der Waals surface area contributed by atoms with E-state index in [1.54, 1.807) is 14.2 Å². The molecule has 0 unspecified atom stereocenters. The summed E-state index contributed by atoms with van der Waals surface area (Å²) in [6.07, 6.45) is 0.662. The standard InChI is InChI=1S/C22H26BrNO3Si/c1-26-20-14-17(19(23)15-21(20)27-2)10-12-24-22(25)18-9-7-6-8-16(18)11-13-28(3,4)5/h6-9,14-15H,10,12H2,1-5H3,(H,24,25). The minimum atomic E-state index is -1.51. The largest absolute Gasteiger partial charge is 0.493 e. The Morgan fingerprint density at radius 2 is 1.75 bits per heavy atom. The van der Waals surface area contributed by atoms with Crippen LogP contribution < -0.4 is 14.8 Å². The minimum absolute atomic E-state index is 0.114. The van der Waals surface area contributed by atoms with E-state index in [1.807, 2.05) is 36.4 Å². The quantitative estimate of drug-likeness (QED) is 0.504. The summed E-state index contributed by atoms with van der Waals surface area (Å²) in [6, 6.07) is 11.3. The second-order valence-electron chi connectivity index (χ2n) is 7.35. The SMILES string of the molecule is COc1cc(Br)c(CCNC(=O)c2ccccc2C#C[Si](C)(C)C)cc1OC. The van der Waals surface area contributed by atoms with Crippen molar-refractivity contribution in [1.29, 1.82) is 0 Å². The van der Waals surface area contributed by atoms with Gasteiger partial charge in [-0.3, -0.25) is 4.79 Å². The zero-order chi connectivity index (χ0) is 20.7. The fourth-order valence-corrected chi connectivity index (χ4v) is 3.57. The molecule has 0 aromatic heterocycles. The lowest BCUT2D eigenvalue weighted by Gasteiger charge is -2.12. The molecule has 0 atom stereocenters. The smallest absolute Gasteiger partial charge is 0.252 e. The van der Waals surface area contributed by atoms with E-state index in [2.05, 4.69) is 52.4 Å². The van der Waals surface area contributed by atoms with Gasteiger partial charge in [-0.2, -0.15) is 0 Å². The van der Waals surface area contributed by atoms with E-state index >= 15 is 0 Å². The Morgan fingerprint density at radius 1 is 1.11 bits per heavy atom. The molecule has 0 spiro atoms. The van der Waals surface area contributed by atoms with Crippen LogP contribution in [0.25, 0.3) is 0 Å². The molecule has 1 N–H and O–H groups in total. The van der Waals surface area contributed by atoms with E-state index in [-0.39, 0.29) is 5.91 Å². The van der Waals surface area contributed by atoms with Gasteiger partial charge in [-0.15, -0.1) is 5.54 Å². The van der Waals surface area contributed by atoms with Gasteiger partial charge < -0.3 is 14.8 Å². The molecule has 1 amide bonds. The zero-order valence-corrected chi connectivity index (χ0v) is 19.6. The van der Waals surface area contributed by atoms with Gasteiger partial charge in [0.1, 0.15) is 8.07 Å². The number of halogens is 1. The highest BCUT2D eigenvalue weighted by molar-refractivity contribution is 9.10. The summed E-state index contributed by atoms with van der Waals surface area (Å²) in [4.78, 5) is 12.7. The van der Waals surface area contributed by atoms with Gasteiger partial charge in [0.2, 0.25) is 0 Å². The van der Waals surface area contributed by atoms with Crippen molar-refractivity contribution in [3.63, 3.8) is 0 Å². The molecule has 6 heteroatoms. The maximum absolute atomic E-state index is 12.7. The Bertz CT molecular complexity index is 910. The predicted octanol–water partition coefficient (Wildman–Crippen LogP) is 4.67. The van der Waals surface area contributed by atoms with Crippen LogP contribution in [-0.2, 0) is 6.42 Å². The number of amides is 1. The monoisotopic (exact) mass is 459 g/mol. The Hall–Kier alpha value is -2.23. The lowest BCUT2D eigenvalue weighted by molar-refractivity contribution is 0.0954. The van der Waals surface area contributed by atoms with Gasteiger partial charge in [0.05, 0.1) is 19.8 Å². The van der Waals surface area contributed by atoms with Crippen LogP contribution >= 0.6 is 15.9 Å². The summed E-state index contributed by atoms with van der Waals surface area (Å²) in [5, 5.41) is 2.99. The topological polar surface area (TPSA) is 47.6 Å². The molecule has 2 rings (SSSR count). The molecule has 0 aliphatic carbocycles. The normalized spacial score (nSPS) is 10.6. The number of ether oxygens (including phenoxy) is 2. The van der Waals surface area contributed by atoms with Gasteiger partial charge in [-0.05, 0) is 36.2 Å². The molecule has 0 bridgehead atoms. The molecule has 4 nitrogen and oxygen atoms in total. The van der Waals surface area contributed by atoms with Crippen LogP contribution in [0.2, 0.25) is 19.6 Å². The number of hydrogen-bond donors (Lipinski definition) is 1. The van der Waals surface area contributed by atoms with Crippen molar-refractivity contribution in [3.05, 3.63) is 57.6 Å². The van der Waals surface area contributed by atoms with Crippen LogP contribution in [0, 0.1) is 11.5 Å². The summed E-state index contributed by atoms with van der Waals surface area (Å²) in [5.74, 6) is 4.41. The van der Waals surface area contributed by atoms with Gasteiger partial charge >= 0.3 is 0 Å². The summed E-state index contributed by atoms with van der Waals surface area (Å²) in [6.45, 7) is 7.06. The summed E-state index contributed by atoms with van der Waals surface area (Å²) < 4.78 is 11.6. The van der Waals surface area contributed by atoms with Gasteiger partial charge in [-0.1, -0.05) is 53.6 Å². The molecule has 0 aliphatic rings. The van der Waals surface area contributed by atoms with Crippen LogP contribution in [0.15, 0.2) is 40.9 Å². The van der Waals surface area contributed by atoms with Crippen molar-refractivity contribution < 1.29 is 14.3 Å². The number of methoxy groups -OCH3 is 2. The highest BCUT2D eigenvalue weighted by Crippen LogP contribution is 2.33. The van der Waals surface area contributed by atoms with Crippen LogP contribution in [0.3, 0.4) is 0 Å². The second-order valence-corrected chi connectivity index (χ2v) is 13.0. The first-order valence-electron chi connectivity index (χ1n) is 9.06. The number of rotatable bonds is 6. The number of hydrogen-bond acceptors (Lipinski definition) is 3. The van der Waals surface area contributed by atoms with Crippen molar-refractivity contribution in [1.82, 2.24) is 5.32 Å². The third-order valence-corrected chi connectivity index (χ3v) is 5.59. The molecule has 0 aliphatic heterocycles. The molecule has 0 saturated carbocycles. The van der Waals surface area contributed by atoms with Crippen LogP contribution in [0.4, 0.5) is 0 Å². The number of nitrogens with one attached hydrogen (secondary N) is 1. The highest BCUT2D eigenvalue weighted by Gasteiger charge is 2.13. The Labute approximate surface area is 176 Å². The van der Waals surface area contributed by atoms with Crippen molar-refractivity contribution in [2.24, 2.45) is 0 Å². The van der Waals surface area contributed by atoms with Crippen LogP contribution in [0.1, 0.15) is 21.5 Å². The molecule has 28 heavy (non-hydrogen) atoms. The average Bonchev–Trinajstić information content (AvgIpc) is 2.66. The number of carbonyl (C=O) groups is 1. The zero-order valence-electron chi connectivity index (χ0n) is 17.0. The van der Waals surface area contributed by atoms with E-state index in [0.717, 1.165) is 15.6 Å². The maximum atomic E-state index is 12.7. The van der Waals surface area contributed by atoms with Gasteiger partial charge in [0, 0.05) is 16.6 Å². The van der Waals surface area contributed by atoms with E-state index in [4.69, 9.17) is 9.47 Å². The van der Waals surface area contributed by atoms with E-state index in [0.29, 0.717) is 30.0 Å². The Balaban J connectivity index is 2.09. The minimum Gasteiger partial charge on any atom is -0.493 e. The van der Waals surface area contributed by atoms with Crippen LogP contribution in [-0.4, -0.2) is 34.7 Å². The Morgan fingerprint density at radius 3 is 2.39 bits per heavy atom. The first-order chi connectivity index (χ1) is 13.2. The fraction of sp³-hybridized carbons (Fsp3) is 0.318. The van der Waals surface area contributed by atoms with Crippen molar-refractivity contribution in [2.45, 2.75) is 26.1 Å². The van der Waals surface area contributed by atoms with Crippen LogP contribution in [0.5, 0.6) is 11.5 Å². The molecular formula is C22H26BrNO3Si. The lowest BCUT2D eigenvalue weighted by Crippen LogP contribution is -2.26. The number of carbonyl (C=O) groups excluding carboxylic acids is 1. The van der Waals surface area contributed by atoms with Gasteiger partial charge in [0.15, 0.2) is 11.5 Å². The highest BCUT2D eigenvalue weighted by atomic mass is 79.9. The van der Waals surface area contributed by atoms with E-state index < -0.39 is 8.07 Å². The van der Waals surface area contributed by atoms with Crippen molar-refractivity contribution >= 4 is 29.9 Å². The third kappa shape index (κ3) is 6.15. The number of benzene rings is 2. The maximum Gasteiger partial charge on any atom is 0.252 e. The Kier molecular flexibility index (Phi) is 7.73. The average molecular weight is 460 g/mol. The van der Waals surface area contributed by atoms with E-state index in [9.17, 15) is 4.79 Å². The molecule has 2 aromatic rings. The molecule has 0 radical (unpaired) electrons. The summed E-state index contributed by atoms with van der Waals surface area (Å²) in [5.41, 5.74) is 5.74.